The highest BCUT2D eigenvalue weighted by atomic mass is 35.5. The molecule has 2 aliphatic rings. The van der Waals surface area contributed by atoms with E-state index in [1.807, 2.05) is 50.4 Å². The van der Waals surface area contributed by atoms with Crippen LogP contribution in [0.3, 0.4) is 0 Å². The van der Waals surface area contributed by atoms with Crippen molar-refractivity contribution in [2.75, 3.05) is 33.3 Å². The van der Waals surface area contributed by atoms with Crippen LogP contribution in [0.4, 0.5) is 10.1 Å². The summed E-state index contributed by atoms with van der Waals surface area (Å²) in [5.41, 5.74) is 3.09. The molecule has 3 aromatic rings. The van der Waals surface area contributed by atoms with Crippen molar-refractivity contribution >= 4 is 40.8 Å². The number of amidine groups is 1. The maximum atomic E-state index is 16.9. The van der Waals surface area contributed by atoms with Crippen LogP contribution in [0.2, 0.25) is 5.02 Å². The van der Waals surface area contributed by atoms with Crippen LogP contribution < -0.4 is 10.6 Å². The van der Waals surface area contributed by atoms with E-state index in [1.165, 1.54) is 32.1 Å². The minimum atomic E-state index is -0.461. The van der Waals surface area contributed by atoms with Gasteiger partial charge in [-0.1, -0.05) is 67.8 Å². The van der Waals surface area contributed by atoms with Gasteiger partial charge in [0, 0.05) is 36.8 Å². The molecule has 3 atom stereocenters. The SMILES string of the molecule is C=NC(=Nc1c(CC2CCC(CNC)N2)cc(Cl)c(-c2cc(C)cc3ccccc23)c1F)OCCN1CCCCC1CCC. The summed E-state index contributed by atoms with van der Waals surface area (Å²) in [4.78, 5) is 11.3. The normalized spacial score (nSPS) is 21.2. The molecule has 44 heavy (non-hydrogen) atoms. The topological polar surface area (TPSA) is 61.3 Å². The number of hydrogen-bond donors (Lipinski definition) is 2. The molecule has 2 heterocycles. The third-order valence-electron chi connectivity index (χ3n) is 9.12. The molecule has 0 bridgehead atoms. The van der Waals surface area contributed by atoms with Crippen LogP contribution in [0.25, 0.3) is 21.9 Å². The molecule has 8 heteroatoms. The predicted octanol–water partition coefficient (Wildman–Crippen LogP) is 7.85. The van der Waals surface area contributed by atoms with Crippen LogP contribution in [0.1, 0.15) is 63.0 Å². The van der Waals surface area contributed by atoms with Crippen molar-refractivity contribution in [1.29, 1.82) is 0 Å². The number of fused-ring (bicyclic) bond motifs is 1. The van der Waals surface area contributed by atoms with E-state index in [-0.39, 0.29) is 17.8 Å². The Hall–Kier alpha value is -2.84. The molecule has 0 aliphatic carbocycles. The largest absolute Gasteiger partial charge is 0.462 e. The van der Waals surface area contributed by atoms with Gasteiger partial charge in [0.1, 0.15) is 12.3 Å². The van der Waals surface area contributed by atoms with E-state index in [4.69, 9.17) is 21.3 Å². The van der Waals surface area contributed by atoms with Gasteiger partial charge in [0.05, 0.1) is 5.02 Å². The highest BCUT2D eigenvalue weighted by Crippen LogP contribution is 2.42. The van der Waals surface area contributed by atoms with Gasteiger partial charge in [0.15, 0.2) is 5.82 Å². The molecule has 0 spiro atoms. The second-order valence-electron chi connectivity index (χ2n) is 12.4. The van der Waals surface area contributed by atoms with Crippen molar-refractivity contribution in [3.05, 3.63) is 64.4 Å². The van der Waals surface area contributed by atoms with E-state index >= 15 is 4.39 Å². The number of halogens is 2. The quantitative estimate of drug-likeness (QED) is 0.169. The molecule has 2 saturated heterocycles. The van der Waals surface area contributed by atoms with Crippen LogP contribution >= 0.6 is 11.6 Å². The zero-order chi connectivity index (χ0) is 31.1. The lowest BCUT2D eigenvalue weighted by molar-refractivity contribution is 0.113. The molecule has 0 aromatic heterocycles. The van der Waals surface area contributed by atoms with E-state index in [1.54, 1.807) is 0 Å². The van der Waals surface area contributed by atoms with E-state index in [0.29, 0.717) is 35.7 Å². The van der Waals surface area contributed by atoms with Crippen molar-refractivity contribution in [2.45, 2.75) is 83.3 Å². The van der Waals surface area contributed by atoms with Gasteiger partial charge in [0.25, 0.3) is 0 Å². The van der Waals surface area contributed by atoms with Gasteiger partial charge in [-0.25, -0.2) is 9.38 Å². The molecule has 2 aliphatic heterocycles. The Morgan fingerprint density at radius 1 is 1.16 bits per heavy atom. The van der Waals surface area contributed by atoms with Crippen molar-refractivity contribution in [1.82, 2.24) is 15.5 Å². The standard InChI is InChI=1S/C36H47ClFN5O/c1-5-10-29-12-8-9-16-43(29)17-18-44-36(40-4)42-35-26(21-27-14-15-28(41-27)23-39-3)22-32(37)33(34(35)38)31-20-24(2)19-25-11-6-7-13-30(25)31/h6-7,11,13,19-20,22,27-29,39,41H,4-5,8-10,12,14-18,21,23H2,1-3H3. The maximum Gasteiger partial charge on any atom is 0.316 e. The molecular formula is C36H47ClFN5O. The number of aliphatic imine (C=N–C) groups is 2. The van der Waals surface area contributed by atoms with Crippen molar-refractivity contribution < 1.29 is 9.13 Å². The van der Waals surface area contributed by atoms with E-state index in [0.717, 1.165) is 59.9 Å². The number of ether oxygens (including phenoxy) is 1. The molecule has 2 N–H and O–H groups in total. The average Bonchev–Trinajstić information content (AvgIpc) is 3.45. The molecule has 236 valence electrons. The summed E-state index contributed by atoms with van der Waals surface area (Å²) in [5, 5.41) is 9.29. The number of nitrogens with one attached hydrogen (secondary N) is 2. The zero-order valence-electron chi connectivity index (χ0n) is 26.5. The summed E-state index contributed by atoms with van der Waals surface area (Å²) >= 11 is 6.95. The second-order valence-corrected chi connectivity index (χ2v) is 12.8. The Bertz CT molecular complexity index is 1470. The number of rotatable bonds is 11. The number of benzene rings is 3. The molecule has 0 amide bonds. The van der Waals surface area contributed by atoms with Crippen LogP contribution in [-0.2, 0) is 11.2 Å². The van der Waals surface area contributed by atoms with Crippen LogP contribution in [0.15, 0.2) is 52.4 Å². The minimum Gasteiger partial charge on any atom is -0.462 e. The summed E-state index contributed by atoms with van der Waals surface area (Å²) in [7, 11) is 1.96. The molecule has 3 aromatic carbocycles. The molecular weight excluding hydrogens is 573 g/mol. The first-order valence-electron chi connectivity index (χ1n) is 16.2. The van der Waals surface area contributed by atoms with Gasteiger partial charge in [-0.15, -0.1) is 0 Å². The van der Waals surface area contributed by atoms with Crippen LogP contribution in [-0.4, -0.2) is 69.1 Å². The van der Waals surface area contributed by atoms with Gasteiger partial charge in [-0.3, -0.25) is 4.90 Å². The molecule has 2 fully saturated rings. The smallest absolute Gasteiger partial charge is 0.316 e. The number of aryl methyl sites for hydroxylation is 1. The minimum absolute atomic E-state index is 0.0871. The predicted molar refractivity (Wildman–Crippen MR) is 183 cm³/mol. The Morgan fingerprint density at radius 2 is 1.98 bits per heavy atom. The fourth-order valence-corrected chi connectivity index (χ4v) is 7.38. The third-order valence-corrected chi connectivity index (χ3v) is 9.42. The van der Waals surface area contributed by atoms with Crippen LogP contribution in [0.5, 0.6) is 0 Å². The molecule has 0 saturated carbocycles. The second kappa shape index (κ2) is 15.4. The lowest BCUT2D eigenvalue weighted by atomic mass is 9.93. The first-order chi connectivity index (χ1) is 21.4. The molecule has 3 unspecified atom stereocenters. The van der Waals surface area contributed by atoms with Gasteiger partial charge >= 0.3 is 6.02 Å². The Morgan fingerprint density at radius 3 is 2.77 bits per heavy atom. The number of likely N-dealkylation sites (tertiary alicyclic amines) is 1. The average molecular weight is 620 g/mol. The van der Waals surface area contributed by atoms with Gasteiger partial charge in [0.2, 0.25) is 0 Å². The summed E-state index contributed by atoms with van der Waals surface area (Å²) in [6.07, 6.45) is 8.75. The zero-order valence-corrected chi connectivity index (χ0v) is 27.2. The summed E-state index contributed by atoms with van der Waals surface area (Å²) in [6, 6.07) is 15.2. The van der Waals surface area contributed by atoms with Gasteiger partial charge < -0.3 is 15.4 Å². The fourth-order valence-electron chi connectivity index (χ4n) is 7.06. The number of likely N-dealkylation sites (N-methyl/N-ethyl adjacent to an activating group) is 1. The first-order valence-corrected chi connectivity index (χ1v) is 16.6. The monoisotopic (exact) mass is 619 g/mol. The number of hydrogen-bond acceptors (Lipinski definition) is 5. The van der Waals surface area contributed by atoms with E-state index in [2.05, 4.69) is 40.2 Å². The Balaban J connectivity index is 1.49. The molecule has 6 nitrogen and oxygen atoms in total. The van der Waals surface area contributed by atoms with E-state index < -0.39 is 5.82 Å². The van der Waals surface area contributed by atoms with Crippen molar-refractivity contribution in [2.24, 2.45) is 9.98 Å². The highest BCUT2D eigenvalue weighted by Gasteiger charge is 2.27. The van der Waals surface area contributed by atoms with Crippen molar-refractivity contribution in [3.8, 4) is 11.1 Å². The lowest BCUT2D eigenvalue weighted by Crippen LogP contribution is -2.41. The first kappa shape index (κ1) is 32.6. The van der Waals surface area contributed by atoms with Gasteiger partial charge in [-0.05, 0) is 99.3 Å². The molecule has 0 radical (unpaired) electrons. The van der Waals surface area contributed by atoms with Gasteiger partial charge in [-0.2, -0.15) is 4.99 Å². The summed E-state index contributed by atoms with van der Waals surface area (Å²) in [6.45, 7) is 11.2. The summed E-state index contributed by atoms with van der Waals surface area (Å²) in [5.74, 6) is -0.461. The fraction of sp³-hybridized carbons (Fsp3) is 0.500. The lowest BCUT2D eigenvalue weighted by Gasteiger charge is -2.35. The number of piperidine rings is 1. The maximum absolute atomic E-state index is 16.9. The van der Waals surface area contributed by atoms with Crippen molar-refractivity contribution in [3.63, 3.8) is 0 Å². The summed E-state index contributed by atoms with van der Waals surface area (Å²) < 4.78 is 23.0. The Labute approximate surface area is 267 Å². The number of nitrogens with zero attached hydrogens (tertiary/aromatic N) is 3. The van der Waals surface area contributed by atoms with E-state index in [9.17, 15) is 0 Å². The van der Waals surface area contributed by atoms with Crippen LogP contribution in [0, 0.1) is 12.7 Å². The third kappa shape index (κ3) is 7.68. The Kier molecular flexibility index (Phi) is 11.4. The highest BCUT2D eigenvalue weighted by molar-refractivity contribution is 6.34. The molecule has 5 rings (SSSR count).